The quantitative estimate of drug-likeness (QED) is 0.596. The Morgan fingerprint density at radius 2 is 2.10 bits per heavy atom. The van der Waals surface area contributed by atoms with Crippen LogP contribution >= 0.6 is 55.0 Å². The molecule has 1 atom stereocenters. The number of ether oxygens (including phenoxy) is 1. The van der Waals surface area contributed by atoms with Crippen LogP contribution in [0.1, 0.15) is 35.4 Å². The van der Waals surface area contributed by atoms with E-state index in [1.54, 1.807) is 0 Å². The Bertz CT molecular complexity index is 484. The number of thioether (sulfide) groups is 1. The van der Waals surface area contributed by atoms with Crippen molar-refractivity contribution in [3.63, 3.8) is 0 Å². The van der Waals surface area contributed by atoms with Gasteiger partial charge in [0.05, 0.1) is 14.3 Å². The van der Waals surface area contributed by atoms with Gasteiger partial charge in [0.25, 0.3) is 0 Å². The topological polar surface area (TPSA) is 26.3 Å². The Labute approximate surface area is 144 Å². The Balaban J connectivity index is 1.74. The number of ketones is 1. The largest absolute Gasteiger partial charge is 0.375 e. The smallest absolute Gasteiger partial charge is 0.176 e. The molecule has 20 heavy (non-hydrogen) atoms. The summed E-state index contributed by atoms with van der Waals surface area (Å²) < 4.78 is 8.04. The van der Waals surface area contributed by atoms with Crippen molar-refractivity contribution in [2.24, 2.45) is 5.92 Å². The van der Waals surface area contributed by atoms with Crippen LogP contribution in [-0.2, 0) is 4.74 Å². The van der Waals surface area contributed by atoms with E-state index in [1.165, 1.54) is 11.3 Å². The molecule has 3 heterocycles. The van der Waals surface area contributed by atoms with Gasteiger partial charge in [-0.25, -0.2) is 0 Å². The molecule has 110 valence electrons. The number of Topliss-reactive ketones (excluding diaryl/α,β-unsaturated/α-hetero) is 1. The Hall–Kier alpha value is 0.640. The Morgan fingerprint density at radius 3 is 2.75 bits per heavy atom. The van der Waals surface area contributed by atoms with E-state index >= 15 is 0 Å². The van der Waals surface area contributed by atoms with Crippen LogP contribution < -0.4 is 0 Å². The molecule has 3 rings (SSSR count). The van der Waals surface area contributed by atoms with Gasteiger partial charge in [-0.15, -0.1) is 11.3 Å². The molecule has 2 saturated heterocycles. The predicted octanol–water partition coefficient (Wildman–Crippen LogP) is 5.15. The lowest BCUT2D eigenvalue weighted by molar-refractivity contribution is -0.0959. The van der Waals surface area contributed by atoms with E-state index in [1.807, 2.05) is 17.8 Å². The highest BCUT2D eigenvalue weighted by Crippen LogP contribution is 2.42. The van der Waals surface area contributed by atoms with Crippen LogP contribution in [0.5, 0.6) is 0 Å². The first-order valence-corrected chi connectivity index (χ1v) is 10.4. The second-order valence-electron chi connectivity index (χ2n) is 5.43. The molecule has 2 aliphatic rings. The van der Waals surface area contributed by atoms with Crippen LogP contribution in [0.25, 0.3) is 0 Å². The minimum Gasteiger partial charge on any atom is -0.375 e. The van der Waals surface area contributed by atoms with Crippen molar-refractivity contribution in [3.8, 4) is 0 Å². The number of thiophene rings is 1. The van der Waals surface area contributed by atoms with Crippen molar-refractivity contribution in [1.29, 1.82) is 0 Å². The van der Waals surface area contributed by atoms with Gasteiger partial charge in [-0.05, 0) is 75.1 Å². The molecule has 1 aromatic heterocycles. The molecule has 1 aromatic rings. The van der Waals surface area contributed by atoms with Crippen LogP contribution in [-0.4, -0.2) is 29.5 Å². The predicted molar refractivity (Wildman–Crippen MR) is 92.0 cm³/mol. The molecule has 0 bridgehead atoms. The molecule has 1 unspecified atom stereocenters. The van der Waals surface area contributed by atoms with E-state index < -0.39 is 0 Å². The molecule has 2 fully saturated rings. The van der Waals surface area contributed by atoms with Crippen LogP contribution in [0.15, 0.2) is 14.3 Å². The van der Waals surface area contributed by atoms with Gasteiger partial charge in [-0.1, -0.05) is 0 Å². The Morgan fingerprint density at radius 1 is 1.35 bits per heavy atom. The fourth-order valence-electron chi connectivity index (χ4n) is 3.01. The fourth-order valence-corrected chi connectivity index (χ4v) is 6.30. The third-order valence-electron chi connectivity index (χ3n) is 4.16. The molecular formula is C14H16Br2O2S2. The summed E-state index contributed by atoms with van der Waals surface area (Å²) in [5.41, 5.74) is -0.0183. The monoisotopic (exact) mass is 438 g/mol. The molecule has 0 aliphatic carbocycles. The zero-order valence-corrected chi connectivity index (χ0v) is 15.8. The summed E-state index contributed by atoms with van der Waals surface area (Å²) >= 11 is 10.5. The normalized spacial score (nSPS) is 25.8. The van der Waals surface area contributed by atoms with E-state index in [0.29, 0.717) is 5.78 Å². The van der Waals surface area contributed by atoms with Gasteiger partial charge in [0.1, 0.15) is 0 Å². The zero-order chi connectivity index (χ0) is 14.2. The maximum Gasteiger partial charge on any atom is 0.176 e. The SMILES string of the molecule is O=C(c1cc(Br)c(Br)s1)C1CCOC2(CCSCC2)C1. The average molecular weight is 440 g/mol. The van der Waals surface area contributed by atoms with Crippen molar-refractivity contribution in [3.05, 3.63) is 19.2 Å². The number of halogens is 2. The standard InChI is InChI=1S/C14H16Br2O2S2/c15-10-7-11(20-13(10)16)12(17)9-1-4-18-14(8-9)2-5-19-6-3-14/h7,9H,1-6,8H2. The van der Waals surface area contributed by atoms with E-state index in [-0.39, 0.29) is 11.5 Å². The van der Waals surface area contributed by atoms with Crippen LogP contribution in [0, 0.1) is 5.92 Å². The molecule has 0 saturated carbocycles. The number of hydrogen-bond donors (Lipinski definition) is 0. The summed E-state index contributed by atoms with van der Waals surface area (Å²) in [5.74, 6) is 2.75. The van der Waals surface area contributed by atoms with Crippen molar-refractivity contribution in [1.82, 2.24) is 0 Å². The molecule has 2 nitrogen and oxygen atoms in total. The zero-order valence-electron chi connectivity index (χ0n) is 11.0. The number of hydrogen-bond acceptors (Lipinski definition) is 4. The maximum atomic E-state index is 12.7. The first-order chi connectivity index (χ1) is 9.60. The van der Waals surface area contributed by atoms with Gasteiger partial charge in [0.15, 0.2) is 5.78 Å². The molecule has 0 aromatic carbocycles. The van der Waals surface area contributed by atoms with Crippen molar-refractivity contribution < 1.29 is 9.53 Å². The van der Waals surface area contributed by atoms with Crippen molar-refractivity contribution in [2.45, 2.75) is 31.3 Å². The van der Waals surface area contributed by atoms with Gasteiger partial charge in [0.2, 0.25) is 0 Å². The highest BCUT2D eigenvalue weighted by molar-refractivity contribution is 9.13. The highest BCUT2D eigenvalue weighted by atomic mass is 79.9. The van der Waals surface area contributed by atoms with E-state index in [0.717, 1.165) is 56.9 Å². The first kappa shape index (κ1) is 15.5. The number of carbonyl (C=O) groups is 1. The number of carbonyl (C=O) groups excluding carboxylic acids is 1. The maximum absolute atomic E-state index is 12.7. The minimum atomic E-state index is -0.0183. The fraction of sp³-hybridized carbons (Fsp3) is 0.643. The lowest BCUT2D eigenvalue weighted by Gasteiger charge is -2.42. The van der Waals surface area contributed by atoms with Gasteiger partial charge < -0.3 is 4.74 Å². The minimum absolute atomic E-state index is 0.0183. The average Bonchev–Trinajstić information content (AvgIpc) is 2.79. The molecule has 0 amide bonds. The van der Waals surface area contributed by atoms with Crippen molar-refractivity contribution >= 4 is 60.7 Å². The highest BCUT2D eigenvalue weighted by Gasteiger charge is 2.41. The van der Waals surface area contributed by atoms with Gasteiger partial charge in [-0.2, -0.15) is 11.8 Å². The molecule has 6 heteroatoms. The lowest BCUT2D eigenvalue weighted by atomic mass is 9.80. The van der Waals surface area contributed by atoms with Crippen molar-refractivity contribution in [2.75, 3.05) is 18.1 Å². The molecule has 0 N–H and O–H groups in total. The summed E-state index contributed by atoms with van der Waals surface area (Å²) in [6.45, 7) is 0.731. The summed E-state index contributed by atoms with van der Waals surface area (Å²) in [6.07, 6.45) is 3.96. The second-order valence-corrected chi connectivity index (χ2v) is 9.88. The summed E-state index contributed by atoms with van der Waals surface area (Å²) in [5, 5.41) is 0. The molecule has 1 spiro atoms. The third-order valence-corrected chi connectivity index (χ3v) is 8.41. The summed E-state index contributed by atoms with van der Waals surface area (Å²) in [4.78, 5) is 13.6. The molecular weight excluding hydrogens is 424 g/mol. The summed E-state index contributed by atoms with van der Waals surface area (Å²) in [6, 6.07) is 1.94. The Kier molecular flexibility index (Phi) is 4.97. The van der Waals surface area contributed by atoms with E-state index in [9.17, 15) is 4.79 Å². The van der Waals surface area contributed by atoms with E-state index in [2.05, 4.69) is 31.9 Å². The van der Waals surface area contributed by atoms with Gasteiger partial charge in [-0.3, -0.25) is 4.79 Å². The van der Waals surface area contributed by atoms with E-state index in [4.69, 9.17) is 4.74 Å². The first-order valence-electron chi connectivity index (χ1n) is 6.80. The van der Waals surface area contributed by atoms with Gasteiger partial charge in [0, 0.05) is 17.0 Å². The second kappa shape index (κ2) is 6.41. The lowest BCUT2D eigenvalue weighted by Crippen LogP contribution is -2.44. The van der Waals surface area contributed by atoms with Crippen LogP contribution in [0.3, 0.4) is 0 Å². The van der Waals surface area contributed by atoms with Gasteiger partial charge >= 0.3 is 0 Å². The van der Waals surface area contributed by atoms with Crippen LogP contribution in [0.4, 0.5) is 0 Å². The summed E-state index contributed by atoms with van der Waals surface area (Å²) in [7, 11) is 0. The molecule has 0 radical (unpaired) electrons. The number of rotatable bonds is 2. The third kappa shape index (κ3) is 3.19. The van der Waals surface area contributed by atoms with Crippen LogP contribution in [0.2, 0.25) is 0 Å². The molecule has 2 aliphatic heterocycles.